The Labute approximate surface area is 100 Å². The third kappa shape index (κ3) is 2.36. The predicted molar refractivity (Wildman–Crippen MR) is 67.2 cm³/mol. The lowest BCUT2D eigenvalue weighted by atomic mass is 10.1. The summed E-state index contributed by atoms with van der Waals surface area (Å²) in [6.45, 7) is 5.78. The largest absolute Gasteiger partial charge is 0.348 e. The summed E-state index contributed by atoms with van der Waals surface area (Å²) >= 11 is 0. The monoisotopic (exact) mass is 229 g/mol. The van der Waals surface area contributed by atoms with Gasteiger partial charge >= 0.3 is 0 Å². The van der Waals surface area contributed by atoms with E-state index in [1.165, 1.54) is 6.33 Å². The van der Waals surface area contributed by atoms with E-state index in [-0.39, 0.29) is 5.91 Å². The first-order chi connectivity index (χ1) is 8.08. The molecule has 0 radical (unpaired) electrons. The number of imidazole rings is 1. The number of H-pyrrole nitrogens is 1. The average molecular weight is 229 g/mol. The molecule has 1 amide bonds. The summed E-state index contributed by atoms with van der Waals surface area (Å²) in [5.74, 6) is -0.183. The number of aryl methyl sites for hydroxylation is 3. The third-order valence-corrected chi connectivity index (χ3v) is 2.69. The van der Waals surface area contributed by atoms with Gasteiger partial charge in [-0.1, -0.05) is 12.1 Å². The molecule has 1 aromatic carbocycles. The summed E-state index contributed by atoms with van der Waals surface area (Å²) in [4.78, 5) is 18.9. The highest BCUT2D eigenvalue weighted by Gasteiger charge is 2.12. The van der Waals surface area contributed by atoms with Crippen LogP contribution < -0.4 is 5.32 Å². The van der Waals surface area contributed by atoms with Gasteiger partial charge in [-0.05, 0) is 38.0 Å². The number of carbonyl (C=O) groups is 1. The van der Waals surface area contributed by atoms with Gasteiger partial charge in [0.25, 0.3) is 5.91 Å². The van der Waals surface area contributed by atoms with Crippen LogP contribution in [-0.4, -0.2) is 15.9 Å². The molecule has 88 valence electrons. The van der Waals surface area contributed by atoms with E-state index in [1.54, 1.807) is 0 Å². The summed E-state index contributed by atoms with van der Waals surface area (Å²) in [6, 6.07) is 5.96. The van der Waals surface area contributed by atoms with Gasteiger partial charge in [-0.15, -0.1) is 0 Å². The maximum absolute atomic E-state index is 12.0. The van der Waals surface area contributed by atoms with E-state index in [4.69, 9.17) is 0 Å². The van der Waals surface area contributed by atoms with Gasteiger partial charge in [0.05, 0.1) is 6.33 Å². The lowest BCUT2D eigenvalue weighted by Crippen LogP contribution is -2.14. The van der Waals surface area contributed by atoms with Crippen LogP contribution in [-0.2, 0) is 0 Å². The molecule has 17 heavy (non-hydrogen) atoms. The van der Waals surface area contributed by atoms with Crippen molar-refractivity contribution in [2.75, 3.05) is 5.32 Å². The van der Waals surface area contributed by atoms with Crippen LogP contribution in [0.15, 0.2) is 24.5 Å². The van der Waals surface area contributed by atoms with E-state index < -0.39 is 0 Å². The first kappa shape index (κ1) is 11.4. The van der Waals surface area contributed by atoms with E-state index >= 15 is 0 Å². The standard InChI is InChI=1S/C13H15N3O/c1-8-4-5-9(2)11(6-8)16-13(17)12-10(3)14-7-15-12/h4-7H,1-3H3,(H,14,15)(H,16,17). The number of hydrogen-bond donors (Lipinski definition) is 2. The van der Waals surface area contributed by atoms with E-state index in [0.29, 0.717) is 5.69 Å². The van der Waals surface area contributed by atoms with E-state index in [9.17, 15) is 4.79 Å². The van der Waals surface area contributed by atoms with Gasteiger partial charge in [-0.3, -0.25) is 4.79 Å². The fourth-order valence-electron chi connectivity index (χ4n) is 1.64. The van der Waals surface area contributed by atoms with E-state index in [0.717, 1.165) is 22.5 Å². The van der Waals surface area contributed by atoms with E-state index in [2.05, 4.69) is 15.3 Å². The normalized spacial score (nSPS) is 10.3. The van der Waals surface area contributed by atoms with Crippen LogP contribution in [0.3, 0.4) is 0 Å². The molecule has 0 aliphatic rings. The molecule has 4 nitrogen and oxygen atoms in total. The zero-order valence-electron chi connectivity index (χ0n) is 10.2. The van der Waals surface area contributed by atoms with Crippen LogP contribution in [0.25, 0.3) is 0 Å². The lowest BCUT2D eigenvalue weighted by molar-refractivity contribution is 0.102. The van der Waals surface area contributed by atoms with Gasteiger partial charge in [0, 0.05) is 11.4 Å². The Balaban J connectivity index is 2.24. The molecule has 0 aliphatic heterocycles. The van der Waals surface area contributed by atoms with E-state index in [1.807, 2.05) is 39.0 Å². The van der Waals surface area contributed by atoms with Crippen molar-refractivity contribution in [2.24, 2.45) is 0 Å². The minimum Gasteiger partial charge on any atom is -0.348 e. The minimum absolute atomic E-state index is 0.183. The number of nitrogens with zero attached hydrogens (tertiary/aromatic N) is 1. The van der Waals surface area contributed by atoms with Gasteiger partial charge < -0.3 is 10.3 Å². The van der Waals surface area contributed by atoms with Crippen LogP contribution in [0.4, 0.5) is 5.69 Å². The number of benzene rings is 1. The molecule has 0 unspecified atom stereocenters. The number of anilines is 1. The van der Waals surface area contributed by atoms with Crippen molar-refractivity contribution in [1.82, 2.24) is 9.97 Å². The van der Waals surface area contributed by atoms with Gasteiger partial charge in [0.1, 0.15) is 5.69 Å². The molecule has 1 heterocycles. The SMILES string of the molecule is Cc1ccc(C)c(NC(=O)c2nc[nH]c2C)c1. The molecule has 0 spiro atoms. The Hall–Kier alpha value is -2.10. The number of carbonyl (C=O) groups excluding carboxylic acids is 1. The van der Waals surface area contributed by atoms with Crippen LogP contribution >= 0.6 is 0 Å². The summed E-state index contributed by atoms with van der Waals surface area (Å²) in [5.41, 5.74) is 4.19. The third-order valence-electron chi connectivity index (χ3n) is 2.69. The molecular weight excluding hydrogens is 214 g/mol. The smallest absolute Gasteiger partial charge is 0.276 e. The minimum atomic E-state index is -0.183. The molecule has 0 bridgehead atoms. The molecule has 0 aliphatic carbocycles. The first-order valence-electron chi connectivity index (χ1n) is 5.46. The zero-order chi connectivity index (χ0) is 12.4. The molecule has 2 N–H and O–H groups in total. The van der Waals surface area contributed by atoms with Crippen molar-refractivity contribution in [1.29, 1.82) is 0 Å². The molecule has 0 atom stereocenters. The van der Waals surface area contributed by atoms with Gasteiger partial charge in [-0.25, -0.2) is 4.98 Å². The van der Waals surface area contributed by atoms with Crippen molar-refractivity contribution in [3.05, 3.63) is 47.0 Å². The van der Waals surface area contributed by atoms with Gasteiger partial charge in [-0.2, -0.15) is 0 Å². The summed E-state index contributed by atoms with van der Waals surface area (Å²) in [7, 11) is 0. The van der Waals surface area contributed by atoms with Crippen molar-refractivity contribution >= 4 is 11.6 Å². The Morgan fingerprint density at radius 3 is 2.71 bits per heavy atom. The Bertz CT molecular complexity index is 558. The molecule has 1 aromatic heterocycles. The van der Waals surface area contributed by atoms with Crippen molar-refractivity contribution < 1.29 is 4.79 Å². The highest BCUT2D eigenvalue weighted by molar-refractivity contribution is 6.04. The Kier molecular flexibility index (Phi) is 2.95. The number of rotatable bonds is 2. The Morgan fingerprint density at radius 2 is 2.06 bits per heavy atom. The summed E-state index contributed by atoms with van der Waals surface area (Å²) < 4.78 is 0. The number of aromatic nitrogens is 2. The van der Waals surface area contributed by atoms with Crippen LogP contribution in [0, 0.1) is 20.8 Å². The number of amides is 1. The molecule has 2 rings (SSSR count). The quantitative estimate of drug-likeness (QED) is 0.831. The fraction of sp³-hybridized carbons (Fsp3) is 0.231. The highest BCUT2D eigenvalue weighted by Crippen LogP contribution is 2.17. The number of aromatic amines is 1. The zero-order valence-corrected chi connectivity index (χ0v) is 10.2. The predicted octanol–water partition coefficient (Wildman–Crippen LogP) is 2.59. The maximum Gasteiger partial charge on any atom is 0.276 e. The summed E-state index contributed by atoms with van der Waals surface area (Å²) in [5, 5.41) is 2.87. The number of nitrogens with one attached hydrogen (secondary N) is 2. The first-order valence-corrected chi connectivity index (χ1v) is 5.46. The van der Waals surface area contributed by atoms with Crippen molar-refractivity contribution in [3.63, 3.8) is 0 Å². The second-order valence-electron chi connectivity index (χ2n) is 4.15. The van der Waals surface area contributed by atoms with Crippen LogP contribution in [0.5, 0.6) is 0 Å². The molecule has 4 heteroatoms. The van der Waals surface area contributed by atoms with Gasteiger partial charge in [0.2, 0.25) is 0 Å². The molecule has 0 saturated heterocycles. The molecule has 0 saturated carbocycles. The molecular formula is C13H15N3O. The Morgan fingerprint density at radius 1 is 1.29 bits per heavy atom. The average Bonchev–Trinajstić information content (AvgIpc) is 2.70. The van der Waals surface area contributed by atoms with Gasteiger partial charge in [0.15, 0.2) is 0 Å². The number of hydrogen-bond acceptors (Lipinski definition) is 2. The maximum atomic E-state index is 12.0. The highest BCUT2D eigenvalue weighted by atomic mass is 16.1. The second kappa shape index (κ2) is 4.41. The van der Waals surface area contributed by atoms with Crippen LogP contribution in [0.1, 0.15) is 27.3 Å². The van der Waals surface area contributed by atoms with Crippen LogP contribution in [0.2, 0.25) is 0 Å². The van der Waals surface area contributed by atoms with Crippen molar-refractivity contribution in [3.8, 4) is 0 Å². The fourth-order valence-corrected chi connectivity index (χ4v) is 1.64. The lowest BCUT2D eigenvalue weighted by Gasteiger charge is -2.08. The topological polar surface area (TPSA) is 57.8 Å². The molecule has 2 aromatic rings. The summed E-state index contributed by atoms with van der Waals surface area (Å²) in [6.07, 6.45) is 1.52. The molecule has 0 fully saturated rings. The second-order valence-corrected chi connectivity index (χ2v) is 4.15. The van der Waals surface area contributed by atoms with Crippen molar-refractivity contribution in [2.45, 2.75) is 20.8 Å².